The lowest BCUT2D eigenvalue weighted by molar-refractivity contribution is -0.117. The molecule has 0 saturated carbocycles. The van der Waals surface area contributed by atoms with Gasteiger partial charge < -0.3 is 15.5 Å². The molecule has 2 heterocycles. The van der Waals surface area contributed by atoms with Gasteiger partial charge in [-0.1, -0.05) is 36.4 Å². The highest BCUT2D eigenvalue weighted by Crippen LogP contribution is 2.21. The number of fused-ring (bicyclic) bond motifs is 1. The maximum Gasteiger partial charge on any atom is 0.253 e. The minimum absolute atomic E-state index is 0.0450. The number of nitrogens with zero attached hydrogens (tertiary/aromatic N) is 4. The van der Waals surface area contributed by atoms with E-state index in [9.17, 15) is 9.59 Å². The van der Waals surface area contributed by atoms with E-state index in [1.165, 1.54) is 5.69 Å². The number of para-hydroxylation sites is 1. The molecule has 1 fully saturated rings. The number of hydrogen-bond donors (Lipinski definition) is 1. The lowest BCUT2D eigenvalue weighted by Crippen LogP contribution is -2.48. The van der Waals surface area contributed by atoms with Crippen LogP contribution in [-0.2, 0) is 11.2 Å². The van der Waals surface area contributed by atoms with Crippen molar-refractivity contribution in [3.05, 3.63) is 90.1 Å². The number of hydrogen-bond acceptors (Lipinski definition) is 4. The van der Waals surface area contributed by atoms with Crippen molar-refractivity contribution in [3.63, 3.8) is 0 Å². The molecule has 2 N–H and O–H groups in total. The van der Waals surface area contributed by atoms with E-state index in [1.54, 1.807) is 4.68 Å². The molecule has 0 aliphatic carbocycles. The zero-order valence-corrected chi connectivity index (χ0v) is 18.2. The predicted molar refractivity (Wildman–Crippen MR) is 129 cm³/mol. The normalized spacial score (nSPS) is 13.9. The molecular formula is C26H25N5O2. The Morgan fingerprint density at radius 3 is 2.24 bits per heavy atom. The van der Waals surface area contributed by atoms with Crippen LogP contribution in [0.4, 0.5) is 5.69 Å². The summed E-state index contributed by atoms with van der Waals surface area (Å²) in [5.74, 6) is -0.340. The van der Waals surface area contributed by atoms with E-state index >= 15 is 0 Å². The van der Waals surface area contributed by atoms with E-state index in [0.29, 0.717) is 18.7 Å². The van der Waals surface area contributed by atoms with Crippen LogP contribution in [0, 0.1) is 0 Å². The Morgan fingerprint density at radius 1 is 0.818 bits per heavy atom. The zero-order valence-electron chi connectivity index (χ0n) is 18.2. The molecule has 4 aromatic rings. The maximum atomic E-state index is 13.0. The van der Waals surface area contributed by atoms with E-state index in [4.69, 9.17) is 5.73 Å². The number of carbonyl (C=O) groups is 2. The summed E-state index contributed by atoms with van der Waals surface area (Å²) < 4.78 is 1.77. The number of amides is 2. The van der Waals surface area contributed by atoms with Crippen molar-refractivity contribution < 1.29 is 9.59 Å². The second-order valence-corrected chi connectivity index (χ2v) is 8.23. The van der Waals surface area contributed by atoms with Gasteiger partial charge in [0.25, 0.3) is 5.91 Å². The SMILES string of the molecule is NC(=O)Cc1cccc2cn(-c3ccc(C(=O)N4CCN(c5ccccc5)CC4)cc3)nc12. The second kappa shape index (κ2) is 8.78. The van der Waals surface area contributed by atoms with Crippen LogP contribution in [-0.4, -0.2) is 52.7 Å². The molecule has 2 amide bonds. The topological polar surface area (TPSA) is 84.5 Å². The molecule has 5 rings (SSSR count). The van der Waals surface area contributed by atoms with Gasteiger partial charge in [0.05, 0.1) is 17.6 Å². The Bertz CT molecular complexity index is 1290. The largest absolute Gasteiger partial charge is 0.369 e. The molecule has 0 radical (unpaired) electrons. The molecule has 166 valence electrons. The van der Waals surface area contributed by atoms with Crippen LogP contribution in [0.15, 0.2) is 79.0 Å². The van der Waals surface area contributed by atoms with Gasteiger partial charge in [-0.05, 0) is 42.0 Å². The standard InChI is InChI=1S/C26H25N5O2/c27-24(32)17-20-5-4-6-21-18-31(28-25(20)21)23-11-9-19(10-12-23)26(33)30-15-13-29(14-16-30)22-7-2-1-3-8-22/h1-12,18H,13-17H2,(H2,27,32). The molecular weight excluding hydrogens is 414 g/mol. The molecule has 3 aromatic carbocycles. The van der Waals surface area contributed by atoms with Gasteiger partial charge >= 0.3 is 0 Å². The number of piperazine rings is 1. The van der Waals surface area contributed by atoms with Crippen molar-refractivity contribution >= 4 is 28.4 Å². The molecule has 7 heteroatoms. The average molecular weight is 440 g/mol. The van der Waals surface area contributed by atoms with Gasteiger partial charge in [0.15, 0.2) is 0 Å². The molecule has 1 saturated heterocycles. The summed E-state index contributed by atoms with van der Waals surface area (Å²) >= 11 is 0. The molecule has 1 aliphatic heterocycles. The van der Waals surface area contributed by atoms with Gasteiger partial charge in [0.1, 0.15) is 0 Å². The molecule has 1 aliphatic rings. The first-order valence-corrected chi connectivity index (χ1v) is 11.0. The van der Waals surface area contributed by atoms with Gasteiger partial charge in [-0.2, -0.15) is 5.10 Å². The van der Waals surface area contributed by atoms with Crippen LogP contribution in [0.5, 0.6) is 0 Å². The van der Waals surface area contributed by atoms with Crippen molar-refractivity contribution in [3.8, 4) is 5.69 Å². The third-order valence-electron chi connectivity index (χ3n) is 6.05. The predicted octanol–water partition coefficient (Wildman–Crippen LogP) is 3.02. The Morgan fingerprint density at radius 2 is 1.55 bits per heavy atom. The first kappa shape index (κ1) is 20.8. The number of aromatic nitrogens is 2. The fraction of sp³-hybridized carbons (Fsp3) is 0.192. The highest BCUT2D eigenvalue weighted by atomic mass is 16.2. The summed E-state index contributed by atoms with van der Waals surface area (Å²) in [6.07, 6.45) is 2.07. The van der Waals surface area contributed by atoms with Crippen molar-refractivity contribution in [1.29, 1.82) is 0 Å². The Hall–Kier alpha value is -4.13. The number of rotatable bonds is 5. The summed E-state index contributed by atoms with van der Waals surface area (Å²) in [5, 5.41) is 5.58. The number of benzene rings is 3. The lowest BCUT2D eigenvalue weighted by Gasteiger charge is -2.36. The number of carbonyl (C=O) groups excluding carboxylic acids is 2. The van der Waals surface area contributed by atoms with E-state index in [0.717, 1.165) is 35.2 Å². The molecule has 0 atom stereocenters. The van der Waals surface area contributed by atoms with Crippen LogP contribution >= 0.6 is 0 Å². The smallest absolute Gasteiger partial charge is 0.253 e. The quantitative estimate of drug-likeness (QED) is 0.518. The van der Waals surface area contributed by atoms with Crippen LogP contribution in [0.2, 0.25) is 0 Å². The second-order valence-electron chi connectivity index (χ2n) is 8.23. The lowest BCUT2D eigenvalue weighted by atomic mass is 10.1. The molecule has 0 spiro atoms. The van der Waals surface area contributed by atoms with Crippen molar-refractivity contribution in [2.45, 2.75) is 6.42 Å². The van der Waals surface area contributed by atoms with E-state index in [1.807, 2.05) is 71.8 Å². The van der Waals surface area contributed by atoms with Crippen LogP contribution < -0.4 is 10.6 Å². The number of anilines is 1. The zero-order chi connectivity index (χ0) is 22.8. The molecule has 7 nitrogen and oxygen atoms in total. The number of nitrogens with two attached hydrogens (primary N) is 1. The highest BCUT2D eigenvalue weighted by Gasteiger charge is 2.22. The van der Waals surface area contributed by atoms with Crippen LogP contribution in [0.3, 0.4) is 0 Å². The highest BCUT2D eigenvalue weighted by molar-refractivity contribution is 5.94. The van der Waals surface area contributed by atoms with Gasteiger partial charge in [0, 0.05) is 49.0 Å². The van der Waals surface area contributed by atoms with Gasteiger partial charge in [-0.3, -0.25) is 9.59 Å². The molecule has 1 aromatic heterocycles. The van der Waals surface area contributed by atoms with Crippen LogP contribution in [0.1, 0.15) is 15.9 Å². The minimum Gasteiger partial charge on any atom is -0.369 e. The van der Waals surface area contributed by atoms with E-state index < -0.39 is 0 Å². The minimum atomic E-state index is -0.385. The van der Waals surface area contributed by atoms with Crippen LogP contribution in [0.25, 0.3) is 16.6 Å². The first-order valence-electron chi connectivity index (χ1n) is 11.0. The summed E-state index contributed by atoms with van der Waals surface area (Å²) in [6.45, 7) is 3.04. The third kappa shape index (κ3) is 4.30. The summed E-state index contributed by atoms with van der Waals surface area (Å²) in [7, 11) is 0. The fourth-order valence-electron chi connectivity index (χ4n) is 4.31. The summed E-state index contributed by atoms with van der Waals surface area (Å²) in [4.78, 5) is 28.6. The molecule has 0 unspecified atom stereocenters. The van der Waals surface area contributed by atoms with Gasteiger partial charge in [0.2, 0.25) is 5.91 Å². The fourth-order valence-corrected chi connectivity index (χ4v) is 4.31. The Kier molecular flexibility index (Phi) is 5.52. The third-order valence-corrected chi connectivity index (χ3v) is 6.05. The van der Waals surface area contributed by atoms with Crippen molar-refractivity contribution in [1.82, 2.24) is 14.7 Å². The first-order chi connectivity index (χ1) is 16.1. The van der Waals surface area contributed by atoms with Gasteiger partial charge in [-0.15, -0.1) is 0 Å². The van der Waals surface area contributed by atoms with E-state index in [-0.39, 0.29) is 18.2 Å². The molecule has 33 heavy (non-hydrogen) atoms. The number of primary amides is 1. The van der Waals surface area contributed by atoms with Gasteiger partial charge in [-0.25, -0.2) is 4.68 Å². The van der Waals surface area contributed by atoms with Crippen molar-refractivity contribution in [2.24, 2.45) is 5.73 Å². The Balaban J connectivity index is 1.29. The van der Waals surface area contributed by atoms with Crippen molar-refractivity contribution in [2.75, 3.05) is 31.1 Å². The molecule has 0 bridgehead atoms. The Labute approximate surface area is 192 Å². The monoisotopic (exact) mass is 439 g/mol. The maximum absolute atomic E-state index is 13.0. The average Bonchev–Trinajstić information content (AvgIpc) is 3.30. The summed E-state index contributed by atoms with van der Waals surface area (Å²) in [5.41, 5.74) is 9.64. The summed E-state index contributed by atoms with van der Waals surface area (Å²) in [6, 6.07) is 23.5. The van der Waals surface area contributed by atoms with E-state index in [2.05, 4.69) is 22.1 Å².